The minimum atomic E-state index is 0.196. The topological polar surface area (TPSA) is 38.7 Å². The van der Waals surface area contributed by atoms with Gasteiger partial charge >= 0.3 is 0 Å². The highest BCUT2D eigenvalue weighted by molar-refractivity contribution is 5.63. The Hall–Kier alpha value is -1.64. The summed E-state index contributed by atoms with van der Waals surface area (Å²) in [6.45, 7) is 0. The van der Waals surface area contributed by atoms with Crippen molar-refractivity contribution in [1.29, 1.82) is 0 Å². The van der Waals surface area contributed by atoms with Gasteiger partial charge in [-0.3, -0.25) is 9.78 Å². The maximum absolute atomic E-state index is 9.27. The summed E-state index contributed by atoms with van der Waals surface area (Å²) in [5.74, 6) is 0.731. The van der Waals surface area contributed by atoms with E-state index in [1.54, 1.807) is 24.3 Å². The van der Waals surface area contributed by atoms with Gasteiger partial charge in [0, 0.05) is 0 Å². The summed E-state index contributed by atoms with van der Waals surface area (Å²) in [4.78, 5) is 9.32. The first-order chi connectivity index (χ1) is 5.38. The number of fused-ring (bicyclic) bond motifs is 1. The van der Waals surface area contributed by atoms with Crippen LogP contribution in [0.2, 0.25) is 0 Å². The summed E-state index contributed by atoms with van der Waals surface area (Å²) in [5.41, 5.74) is 0.652. The van der Waals surface area contributed by atoms with Crippen molar-refractivity contribution in [3.8, 4) is 11.5 Å². The molecule has 56 valence electrons. The van der Waals surface area contributed by atoms with Gasteiger partial charge in [0.1, 0.15) is 12.0 Å². The second kappa shape index (κ2) is 2.20. The molecule has 1 aromatic rings. The monoisotopic (exact) mass is 150 g/mol. The molecule has 0 atom stereocenters. The van der Waals surface area contributed by atoms with Crippen LogP contribution in [0.5, 0.6) is 11.5 Å². The van der Waals surface area contributed by atoms with E-state index < -0.39 is 0 Å². The molecule has 0 amide bonds. The molecule has 0 bridgehead atoms. The third kappa shape index (κ3) is 0.902. The predicted octanol–water partition coefficient (Wildman–Crippen LogP) is 1.69. The minimum Gasteiger partial charge on any atom is -0.507 e. The van der Waals surface area contributed by atoms with Crippen molar-refractivity contribution in [3.05, 3.63) is 30.0 Å². The summed E-state index contributed by atoms with van der Waals surface area (Å²) < 4.78 is 0. The molecule has 0 unspecified atom stereocenters. The van der Waals surface area contributed by atoms with E-state index in [9.17, 15) is 5.11 Å². The molecule has 0 aliphatic carbocycles. The molecule has 11 heavy (non-hydrogen) atoms. The fourth-order valence-corrected chi connectivity index (χ4v) is 0.948. The van der Waals surface area contributed by atoms with Crippen molar-refractivity contribution in [1.82, 2.24) is 0 Å². The third-order valence-corrected chi connectivity index (χ3v) is 1.47. The van der Waals surface area contributed by atoms with Crippen LogP contribution in [0.25, 0.3) is 6.08 Å². The predicted molar refractivity (Wildman–Crippen MR) is 38.9 cm³/mol. The van der Waals surface area contributed by atoms with Crippen molar-refractivity contribution in [2.45, 2.75) is 0 Å². The summed E-state index contributed by atoms with van der Waals surface area (Å²) in [6, 6.07) is 5.01. The summed E-state index contributed by atoms with van der Waals surface area (Å²) in [7, 11) is 0. The molecular weight excluding hydrogens is 144 g/mol. The lowest BCUT2D eigenvalue weighted by atomic mass is 10.2. The van der Waals surface area contributed by atoms with E-state index >= 15 is 0 Å². The van der Waals surface area contributed by atoms with Crippen LogP contribution in [-0.2, 0) is 4.89 Å². The van der Waals surface area contributed by atoms with Crippen LogP contribution in [0, 0.1) is 0 Å². The van der Waals surface area contributed by atoms with Crippen LogP contribution < -0.4 is 4.89 Å². The highest BCUT2D eigenvalue weighted by Gasteiger charge is 2.09. The number of phenolic OH excluding ortho intramolecular Hbond substituents is 1. The number of hydrogen-bond acceptors (Lipinski definition) is 3. The molecule has 0 radical (unpaired) electrons. The first-order valence-corrected chi connectivity index (χ1v) is 3.20. The minimum absolute atomic E-state index is 0.196. The molecule has 1 aliphatic heterocycles. The SMILES string of the molecule is Oc1cccc2c1C=COO2. The maximum Gasteiger partial charge on any atom is 0.189 e. The summed E-state index contributed by atoms with van der Waals surface area (Å²) >= 11 is 0. The third-order valence-electron chi connectivity index (χ3n) is 1.47. The van der Waals surface area contributed by atoms with Crippen molar-refractivity contribution >= 4 is 6.08 Å². The molecule has 1 heterocycles. The molecule has 1 aliphatic rings. The molecule has 0 saturated heterocycles. The molecule has 0 spiro atoms. The molecule has 1 N–H and O–H groups in total. The van der Waals surface area contributed by atoms with Crippen molar-refractivity contribution < 1.29 is 14.9 Å². The van der Waals surface area contributed by atoms with Crippen molar-refractivity contribution in [2.24, 2.45) is 0 Å². The summed E-state index contributed by atoms with van der Waals surface area (Å²) in [5, 5.41) is 9.27. The van der Waals surface area contributed by atoms with Crippen LogP contribution in [0.1, 0.15) is 5.56 Å². The molecule has 3 nitrogen and oxygen atoms in total. The van der Waals surface area contributed by atoms with Crippen LogP contribution in [0.4, 0.5) is 0 Å². The lowest BCUT2D eigenvalue weighted by molar-refractivity contribution is -0.151. The fourth-order valence-electron chi connectivity index (χ4n) is 0.948. The Kier molecular flexibility index (Phi) is 1.22. The lowest BCUT2D eigenvalue weighted by Gasteiger charge is -2.10. The molecule has 3 heteroatoms. The Morgan fingerprint density at radius 1 is 1.27 bits per heavy atom. The highest BCUT2D eigenvalue weighted by Crippen LogP contribution is 2.30. The Balaban J connectivity index is 2.60. The number of benzene rings is 1. The van der Waals surface area contributed by atoms with E-state index in [0.29, 0.717) is 11.3 Å². The number of hydrogen-bond donors (Lipinski definition) is 1. The number of phenols is 1. The Morgan fingerprint density at radius 3 is 3.00 bits per heavy atom. The van der Waals surface area contributed by atoms with Gasteiger partial charge in [0.25, 0.3) is 0 Å². The Bertz CT molecular complexity index is 304. The van der Waals surface area contributed by atoms with Gasteiger partial charge < -0.3 is 5.11 Å². The number of rotatable bonds is 0. The first-order valence-electron chi connectivity index (χ1n) is 3.20. The molecule has 2 rings (SSSR count). The lowest BCUT2D eigenvalue weighted by Crippen LogP contribution is -1.96. The zero-order valence-corrected chi connectivity index (χ0v) is 5.65. The van der Waals surface area contributed by atoms with E-state index in [1.165, 1.54) is 6.26 Å². The van der Waals surface area contributed by atoms with Crippen LogP contribution in [0.15, 0.2) is 24.5 Å². The van der Waals surface area contributed by atoms with E-state index in [-0.39, 0.29) is 5.75 Å². The second-order valence-corrected chi connectivity index (χ2v) is 2.17. The van der Waals surface area contributed by atoms with Gasteiger partial charge in [0.2, 0.25) is 0 Å². The zero-order valence-electron chi connectivity index (χ0n) is 5.65. The zero-order chi connectivity index (χ0) is 7.68. The van der Waals surface area contributed by atoms with Crippen LogP contribution in [0.3, 0.4) is 0 Å². The molecule has 0 fully saturated rings. The molecule has 0 saturated carbocycles. The average Bonchev–Trinajstić information content (AvgIpc) is 2.06. The van der Waals surface area contributed by atoms with E-state index in [2.05, 4.69) is 4.89 Å². The standard InChI is InChI=1S/C8H6O3/c9-7-2-1-3-8-6(7)4-5-10-11-8/h1-5,9H. The quantitative estimate of drug-likeness (QED) is 0.572. The molecule has 1 aromatic carbocycles. The molecular formula is C8H6O3. The number of aromatic hydroxyl groups is 1. The van der Waals surface area contributed by atoms with Gasteiger partial charge in [-0.05, 0) is 18.2 Å². The average molecular weight is 150 g/mol. The Morgan fingerprint density at radius 2 is 2.18 bits per heavy atom. The van der Waals surface area contributed by atoms with Gasteiger partial charge in [-0.25, -0.2) is 0 Å². The largest absolute Gasteiger partial charge is 0.507 e. The van der Waals surface area contributed by atoms with Gasteiger partial charge in [0.05, 0.1) is 5.56 Å². The second-order valence-electron chi connectivity index (χ2n) is 2.17. The first kappa shape index (κ1) is 6.09. The van der Waals surface area contributed by atoms with Gasteiger partial charge in [-0.2, -0.15) is 0 Å². The van der Waals surface area contributed by atoms with Gasteiger partial charge in [0.15, 0.2) is 5.75 Å². The van der Waals surface area contributed by atoms with E-state index in [4.69, 9.17) is 4.89 Å². The van der Waals surface area contributed by atoms with Gasteiger partial charge in [-0.15, -0.1) is 0 Å². The van der Waals surface area contributed by atoms with Crippen LogP contribution in [-0.4, -0.2) is 5.11 Å². The van der Waals surface area contributed by atoms with Crippen molar-refractivity contribution in [3.63, 3.8) is 0 Å². The smallest absolute Gasteiger partial charge is 0.189 e. The molecule has 0 aromatic heterocycles. The fraction of sp³-hybridized carbons (Fsp3) is 0. The normalized spacial score (nSPS) is 13.1. The van der Waals surface area contributed by atoms with Crippen LogP contribution >= 0.6 is 0 Å². The Labute approximate surface area is 63.4 Å². The van der Waals surface area contributed by atoms with E-state index in [1.807, 2.05) is 0 Å². The van der Waals surface area contributed by atoms with Crippen molar-refractivity contribution in [2.75, 3.05) is 0 Å². The van der Waals surface area contributed by atoms with E-state index in [0.717, 1.165) is 0 Å². The summed E-state index contributed by atoms with van der Waals surface area (Å²) in [6.07, 6.45) is 3.02. The van der Waals surface area contributed by atoms with Gasteiger partial charge in [-0.1, -0.05) is 6.07 Å². The maximum atomic E-state index is 9.27. The highest BCUT2D eigenvalue weighted by atomic mass is 17.2.